The van der Waals surface area contributed by atoms with Crippen LogP contribution >= 0.6 is 11.8 Å². The third-order valence-electron chi connectivity index (χ3n) is 4.53. The predicted octanol–water partition coefficient (Wildman–Crippen LogP) is 3.16. The van der Waals surface area contributed by atoms with Crippen molar-refractivity contribution in [3.05, 3.63) is 0 Å². The van der Waals surface area contributed by atoms with Crippen LogP contribution < -0.4 is 5.32 Å². The molecule has 130 valence electrons. The lowest BCUT2D eigenvalue weighted by Crippen LogP contribution is -2.40. The highest BCUT2D eigenvalue weighted by molar-refractivity contribution is 7.99. The molecule has 0 bridgehead atoms. The van der Waals surface area contributed by atoms with Gasteiger partial charge in [-0.05, 0) is 52.7 Å². The van der Waals surface area contributed by atoms with E-state index < -0.39 is 0 Å². The van der Waals surface area contributed by atoms with Gasteiger partial charge in [-0.15, -0.1) is 0 Å². The Morgan fingerprint density at radius 1 is 1.05 bits per heavy atom. The molecule has 1 N–H and O–H groups in total. The summed E-state index contributed by atoms with van der Waals surface area (Å²) in [6.07, 6.45) is 3.78. The number of nitrogens with zero attached hydrogens (tertiary/aromatic N) is 1. The van der Waals surface area contributed by atoms with Crippen molar-refractivity contribution in [1.29, 1.82) is 0 Å². The molecule has 0 aromatic carbocycles. The Balaban J connectivity index is 4.29. The molecular weight excluding hydrogens is 296 g/mol. The molecule has 0 rings (SSSR count). The topological polar surface area (TPSA) is 49.4 Å². The molecule has 2 unspecified atom stereocenters. The third kappa shape index (κ3) is 7.03. The van der Waals surface area contributed by atoms with Crippen LogP contribution in [0, 0.1) is 11.8 Å². The molecule has 0 saturated heterocycles. The molecule has 4 atom stereocenters. The van der Waals surface area contributed by atoms with E-state index in [2.05, 4.69) is 12.2 Å². The van der Waals surface area contributed by atoms with Crippen molar-refractivity contribution in [2.24, 2.45) is 11.8 Å². The minimum Gasteiger partial charge on any atom is -0.353 e. The lowest BCUT2D eigenvalue weighted by Gasteiger charge is -2.28. The van der Waals surface area contributed by atoms with Crippen LogP contribution in [0.3, 0.4) is 0 Å². The average molecular weight is 331 g/mol. The minimum atomic E-state index is -0.0138. The molecule has 0 aliphatic heterocycles. The van der Waals surface area contributed by atoms with Gasteiger partial charge in [0.15, 0.2) is 0 Å². The van der Waals surface area contributed by atoms with E-state index in [1.807, 2.05) is 52.8 Å². The fourth-order valence-corrected chi connectivity index (χ4v) is 2.40. The van der Waals surface area contributed by atoms with Crippen LogP contribution in [0.2, 0.25) is 0 Å². The van der Waals surface area contributed by atoms with Gasteiger partial charge in [-0.3, -0.25) is 9.59 Å². The summed E-state index contributed by atoms with van der Waals surface area (Å²) >= 11 is 1.55. The number of amides is 2. The molecule has 0 spiro atoms. The molecule has 0 radical (unpaired) electrons. The summed E-state index contributed by atoms with van der Waals surface area (Å²) < 4.78 is 0. The molecule has 0 aliphatic rings. The standard InChI is InChI=1S/C17H34N2O2S/c1-11(2)19(7)17(21)14(5)12(3)9-10-13(4)18-16(20)15(6)22-8/h11-15H,9-10H2,1-8H3,(H,18,20)/t12?,13?,14-,15+/m0/s1. The van der Waals surface area contributed by atoms with E-state index in [0.717, 1.165) is 12.8 Å². The molecule has 0 aliphatic carbocycles. The number of rotatable bonds is 9. The Morgan fingerprint density at radius 3 is 2.05 bits per heavy atom. The zero-order chi connectivity index (χ0) is 17.4. The molecule has 0 fully saturated rings. The Morgan fingerprint density at radius 2 is 1.59 bits per heavy atom. The number of carbonyl (C=O) groups excluding carboxylic acids is 2. The third-order valence-corrected chi connectivity index (χ3v) is 5.45. The van der Waals surface area contributed by atoms with Crippen LogP contribution in [-0.4, -0.2) is 47.4 Å². The SMILES string of the molecule is CS[C@H](C)C(=O)NC(C)CCC(C)[C@H](C)C(=O)N(C)C(C)C. The molecular formula is C17H34N2O2S. The Bertz CT molecular complexity index is 361. The Kier molecular flexibility index (Phi) is 9.81. The van der Waals surface area contributed by atoms with Crippen LogP contribution in [0.25, 0.3) is 0 Å². The maximum Gasteiger partial charge on any atom is 0.233 e. The van der Waals surface area contributed by atoms with Gasteiger partial charge in [0.25, 0.3) is 0 Å². The lowest BCUT2D eigenvalue weighted by molar-refractivity contribution is -0.136. The second-order valence-corrected chi connectivity index (χ2v) is 7.85. The number of hydrogen-bond donors (Lipinski definition) is 1. The Labute approximate surface area is 140 Å². The molecule has 4 nitrogen and oxygen atoms in total. The maximum absolute atomic E-state index is 12.3. The van der Waals surface area contributed by atoms with Gasteiger partial charge in [-0.2, -0.15) is 11.8 Å². The van der Waals surface area contributed by atoms with E-state index >= 15 is 0 Å². The Hall–Kier alpha value is -0.710. The van der Waals surface area contributed by atoms with Crippen LogP contribution in [0.15, 0.2) is 0 Å². The van der Waals surface area contributed by atoms with E-state index in [1.165, 1.54) is 0 Å². The van der Waals surface area contributed by atoms with E-state index in [0.29, 0.717) is 5.92 Å². The van der Waals surface area contributed by atoms with E-state index in [1.54, 1.807) is 11.8 Å². The largest absolute Gasteiger partial charge is 0.353 e. The molecule has 0 heterocycles. The van der Waals surface area contributed by atoms with Crippen molar-refractivity contribution >= 4 is 23.6 Å². The van der Waals surface area contributed by atoms with Gasteiger partial charge in [0.1, 0.15) is 0 Å². The van der Waals surface area contributed by atoms with E-state index in [-0.39, 0.29) is 35.1 Å². The van der Waals surface area contributed by atoms with Crippen molar-refractivity contribution in [3.63, 3.8) is 0 Å². The van der Waals surface area contributed by atoms with Gasteiger partial charge in [0.2, 0.25) is 11.8 Å². The van der Waals surface area contributed by atoms with Crippen LogP contribution in [0.4, 0.5) is 0 Å². The number of carbonyl (C=O) groups is 2. The van der Waals surface area contributed by atoms with Crippen molar-refractivity contribution in [3.8, 4) is 0 Å². The highest BCUT2D eigenvalue weighted by Gasteiger charge is 2.25. The van der Waals surface area contributed by atoms with Crippen LogP contribution in [0.1, 0.15) is 54.4 Å². The van der Waals surface area contributed by atoms with Crippen molar-refractivity contribution in [2.45, 2.75) is 71.7 Å². The van der Waals surface area contributed by atoms with Crippen LogP contribution in [0.5, 0.6) is 0 Å². The average Bonchev–Trinajstić information content (AvgIpc) is 2.48. The summed E-state index contributed by atoms with van der Waals surface area (Å²) in [5.41, 5.74) is 0. The van der Waals surface area contributed by atoms with Gasteiger partial charge in [-0.1, -0.05) is 13.8 Å². The molecule has 5 heteroatoms. The first kappa shape index (κ1) is 21.3. The summed E-state index contributed by atoms with van der Waals surface area (Å²) in [6, 6.07) is 0.378. The molecule has 22 heavy (non-hydrogen) atoms. The monoisotopic (exact) mass is 330 g/mol. The molecule has 0 aromatic heterocycles. The first-order valence-electron chi connectivity index (χ1n) is 8.21. The smallest absolute Gasteiger partial charge is 0.233 e. The van der Waals surface area contributed by atoms with Gasteiger partial charge in [-0.25, -0.2) is 0 Å². The second-order valence-electron chi connectivity index (χ2n) is 6.67. The zero-order valence-electron chi connectivity index (χ0n) is 15.5. The fraction of sp³-hybridized carbons (Fsp3) is 0.882. The van der Waals surface area contributed by atoms with Gasteiger partial charge >= 0.3 is 0 Å². The molecule has 0 saturated carbocycles. The van der Waals surface area contributed by atoms with Gasteiger partial charge in [0.05, 0.1) is 5.25 Å². The zero-order valence-corrected chi connectivity index (χ0v) is 16.3. The number of thioether (sulfide) groups is 1. The van der Waals surface area contributed by atoms with Crippen molar-refractivity contribution < 1.29 is 9.59 Å². The lowest BCUT2D eigenvalue weighted by atomic mass is 9.89. The summed E-state index contributed by atoms with van der Waals surface area (Å²) in [4.78, 5) is 26.0. The van der Waals surface area contributed by atoms with Crippen molar-refractivity contribution in [1.82, 2.24) is 10.2 Å². The summed E-state index contributed by atoms with van der Waals surface area (Å²) in [5.74, 6) is 0.623. The van der Waals surface area contributed by atoms with Crippen LogP contribution in [-0.2, 0) is 9.59 Å². The van der Waals surface area contributed by atoms with E-state index in [4.69, 9.17) is 0 Å². The predicted molar refractivity (Wildman–Crippen MR) is 96.0 cm³/mol. The highest BCUT2D eigenvalue weighted by atomic mass is 32.2. The first-order chi connectivity index (χ1) is 10.1. The minimum absolute atomic E-state index is 0.0138. The first-order valence-corrected chi connectivity index (χ1v) is 9.50. The normalized spacial score (nSPS) is 16.8. The van der Waals surface area contributed by atoms with E-state index in [9.17, 15) is 9.59 Å². The fourth-order valence-electron chi connectivity index (χ4n) is 2.12. The van der Waals surface area contributed by atoms with Crippen molar-refractivity contribution in [2.75, 3.05) is 13.3 Å². The second kappa shape index (κ2) is 10.1. The van der Waals surface area contributed by atoms with Gasteiger partial charge < -0.3 is 10.2 Å². The summed E-state index contributed by atoms with van der Waals surface area (Å²) in [5, 5.41) is 3.03. The molecule has 2 amide bonds. The summed E-state index contributed by atoms with van der Waals surface area (Å²) in [6.45, 7) is 12.1. The molecule has 0 aromatic rings. The number of nitrogens with one attached hydrogen (secondary N) is 1. The maximum atomic E-state index is 12.3. The quantitative estimate of drug-likeness (QED) is 0.706. The highest BCUT2D eigenvalue weighted by Crippen LogP contribution is 2.20. The van der Waals surface area contributed by atoms with Gasteiger partial charge in [0, 0.05) is 25.0 Å². The summed E-state index contributed by atoms with van der Waals surface area (Å²) in [7, 11) is 1.86. The number of hydrogen-bond acceptors (Lipinski definition) is 3.